The maximum Gasteiger partial charge on any atom is 0.333 e. The van der Waals surface area contributed by atoms with Crippen molar-refractivity contribution in [2.24, 2.45) is 0 Å². The number of benzene rings is 8. The van der Waals surface area contributed by atoms with Gasteiger partial charge in [0.25, 0.3) is 0 Å². The predicted octanol–water partition coefficient (Wildman–Crippen LogP) is 15.2. The van der Waals surface area contributed by atoms with Crippen LogP contribution >= 0.6 is 11.3 Å². The molecule has 0 spiro atoms. The highest BCUT2D eigenvalue weighted by Gasteiger charge is 2.46. The summed E-state index contributed by atoms with van der Waals surface area (Å²) in [5.74, 6) is 0. The summed E-state index contributed by atoms with van der Waals surface area (Å²) in [6.45, 7) is 18.6. The second-order valence-electron chi connectivity index (χ2n) is 21.3. The zero-order valence-corrected chi connectivity index (χ0v) is 38.4. The first kappa shape index (κ1) is 36.9. The van der Waals surface area contributed by atoms with Crippen molar-refractivity contribution in [3.05, 3.63) is 162 Å². The molecule has 0 saturated carbocycles. The van der Waals surface area contributed by atoms with Crippen LogP contribution in [0.4, 0.5) is 11.4 Å². The number of hydrogen-bond acceptors (Lipinski definition) is 3. The summed E-state index contributed by atoms with van der Waals surface area (Å²) in [7, 11) is 0. The van der Waals surface area contributed by atoms with E-state index in [-0.39, 0.29) is 23.1 Å². The number of fused-ring (bicyclic) bond motifs is 17. The van der Waals surface area contributed by atoms with Crippen LogP contribution in [0.3, 0.4) is 0 Å². The van der Waals surface area contributed by atoms with E-state index in [1.165, 1.54) is 114 Å². The lowest BCUT2D eigenvalue weighted by Crippen LogP contribution is -2.60. The predicted molar refractivity (Wildman–Crippen MR) is 275 cm³/mol. The summed E-state index contributed by atoms with van der Waals surface area (Å²) in [6.07, 6.45) is 0. The van der Waals surface area contributed by atoms with E-state index in [4.69, 9.17) is 4.42 Å². The lowest BCUT2D eigenvalue weighted by atomic mass is 9.43. The van der Waals surface area contributed by atoms with Crippen LogP contribution in [0.15, 0.2) is 144 Å². The van der Waals surface area contributed by atoms with Crippen molar-refractivity contribution in [3.8, 4) is 27.9 Å². The van der Waals surface area contributed by atoms with E-state index in [1.54, 1.807) is 0 Å². The molecule has 0 atom stereocenters. The second kappa shape index (κ2) is 12.0. The van der Waals surface area contributed by atoms with Gasteiger partial charge in [0, 0.05) is 75.8 Å². The van der Waals surface area contributed by atoms with E-state index in [1.807, 2.05) is 11.3 Å². The number of anilines is 2. The summed E-state index contributed by atoms with van der Waals surface area (Å²) in [5, 5.41) is 7.53. The Labute approximate surface area is 377 Å². The van der Waals surface area contributed by atoms with Crippen LogP contribution in [0.2, 0.25) is 0 Å². The van der Waals surface area contributed by atoms with Gasteiger partial charge in [-0.3, -0.25) is 0 Å². The molecule has 0 unspecified atom stereocenters. The molecule has 3 aromatic heterocycles. The molecule has 0 radical (unpaired) electrons. The molecule has 0 saturated heterocycles. The Morgan fingerprint density at radius 3 is 2.08 bits per heavy atom. The highest BCUT2D eigenvalue weighted by atomic mass is 32.1. The van der Waals surface area contributed by atoms with Crippen molar-refractivity contribution in [1.82, 2.24) is 4.57 Å². The molecule has 3 nitrogen and oxygen atoms in total. The molecular weight excluding hydrogens is 796 g/mol. The fraction of sp³-hybridized carbons (Fsp3) is 0.186. The first-order valence-corrected chi connectivity index (χ1v) is 23.7. The Kier molecular flexibility index (Phi) is 6.89. The number of thiophene rings is 1. The molecule has 2 aliphatic heterocycles. The summed E-state index contributed by atoms with van der Waals surface area (Å²) in [5.41, 5.74) is 21.4. The maximum absolute atomic E-state index is 6.65. The van der Waals surface area contributed by atoms with Crippen molar-refractivity contribution < 1.29 is 4.42 Å². The zero-order valence-electron chi connectivity index (χ0n) is 37.6. The normalized spacial score (nSPS) is 14.9. The van der Waals surface area contributed by atoms with Crippen LogP contribution in [0, 0.1) is 0 Å². The van der Waals surface area contributed by atoms with Gasteiger partial charge in [0.15, 0.2) is 0 Å². The summed E-state index contributed by atoms with van der Waals surface area (Å²) < 4.78 is 11.9. The molecule has 1 aliphatic carbocycles. The molecule has 0 N–H and O–H groups in total. The van der Waals surface area contributed by atoms with Gasteiger partial charge in [-0.05, 0) is 115 Å². The van der Waals surface area contributed by atoms with Crippen molar-refractivity contribution in [3.63, 3.8) is 0 Å². The van der Waals surface area contributed by atoms with E-state index in [2.05, 4.69) is 204 Å². The van der Waals surface area contributed by atoms with Crippen LogP contribution in [0.5, 0.6) is 0 Å². The van der Waals surface area contributed by atoms with E-state index in [0.717, 1.165) is 21.9 Å². The third-order valence-electron chi connectivity index (χ3n) is 15.3. The van der Waals surface area contributed by atoms with Crippen LogP contribution in [0.25, 0.3) is 91.9 Å². The number of rotatable bonds is 1. The number of nitrogens with zero attached hydrogens (tertiary/aromatic N) is 2. The number of furan rings is 1. The molecule has 0 fully saturated rings. The minimum absolute atomic E-state index is 0.0376. The Morgan fingerprint density at radius 1 is 0.516 bits per heavy atom. The molecule has 8 aromatic carbocycles. The molecule has 3 aliphatic rings. The molecular formula is C59H47BN2OS. The molecule has 0 bridgehead atoms. The first-order chi connectivity index (χ1) is 30.7. The van der Waals surface area contributed by atoms with E-state index < -0.39 is 0 Å². The van der Waals surface area contributed by atoms with Gasteiger partial charge in [-0.2, -0.15) is 0 Å². The topological polar surface area (TPSA) is 21.3 Å². The van der Waals surface area contributed by atoms with Gasteiger partial charge in [-0.15, -0.1) is 11.3 Å². The van der Waals surface area contributed by atoms with Crippen molar-refractivity contribution in [2.45, 2.75) is 71.6 Å². The molecule has 14 rings (SSSR count). The van der Waals surface area contributed by atoms with E-state index in [0.29, 0.717) is 0 Å². The molecule has 5 heteroatoms. The molecule has 0 amide bonds. The Bertz CT molecular complexity index is 3900. The fourth-order valence-electron chi connectivity index (χ4n) is 11.9. The molecule has 5 heterocycles. The highest BCUT2D eigenvalue weighted by Crippen LogP contribution is 2.53. The number of para-hydroxylation sites is 1. The number of aromatic nitrogens is 1. The minimum atomic E-state index is -0.154. The van der Waals surface area contributed by atoms with Crippen molar-refractivity contribution in [2.75, 3.05) is 4.81 Å². The van der Waals surface area contributed by atoms with Gasteiger partial charge >= 0.3 is 6.85 Å². The first-order valence-electron chi connectivity index (χ1n) is 22.9. The Morgan fingerprint density at radius 2 is 1.27 bits per heavy atom. The second-order valence-corrected chi connectivity index (χ2v) is 22.4. The van der Waals surface area contributed by atoms with Crippen LogP contribution in [-0.2, 0) is 16.2 Å². The zero-order chi connectivity index (χ0) is 43.3. The monoisotopic (exact) mass is 842 g/mol. The Hall–Kier alpha value is -6.56. The van der Waals surface area contributed by atoms with E-state index >= 15 is 0 Å². The third kappa shape index (κ3) is 4.68. The summed E-state index contributed by atoms with van der Waals surface area (Å²) in [6, 6.07) is 54.0. The Balaban J connectivity index is 1.15. The minimum Gasteiger partial charge on any atom is -0.456 e. The van der Waals surface area contributed by atoms with Crippen molar-refractivity contribution >= 4 is 104 Å². The van der Waals surface area contributed by atoms with Gasteiger partial charge in [0.2, 0.25) is 0 Å². The smallest absolute Gasteiger partial charge is 0.333 e. The third-order valence-corrected chi connectivity index (χ3v) is 16.4. The van der Waals surface area contributed by atoms with Gasteiger partial charge in [-0.25, -0.2) is 0 Å². The van der Waals surface area contributed by atoms with Gasteiger partial charge in [0.05, 0.1) is 11.0 Å². The average Bonchev–Trinajstić information content (AvgIpc) is 3.99. The van der Waals surface area contributed by atoms with Crippen LogP contribution in [-0.4, -0.2) is 11.4 Å². The number of hydrogen-bond donors (Lipinski definition) is 0. The maximum atomic E-state index is 6.65. The highest BCUT2D eigenvalue weighted by molar-refractivity contribution is 7.25. The lowest BCUT2D eigenvalue weighted by Gasteiger charge is -2.42. The van der Waals surface area contributed by atoms with Gasteiger partial charge in [-0.1, -0.05) is 134 Å². The quantitative estimate of drug-likeness (QED) is 0.154. The van der Waals surface area contributed by atoms with Gasteiger partial charge < -0.3 is 13.8 Å². The SMILES string of the molecule is CC(C)(C)c1ccc(N2B3c4cc5c(cc4-n4c6cc7oc8ccccc8c7cc6c6ccc(c3c64)-c3cc4c(cc32)sc2ccc(C(C)(C)C)cc24)C(C)(C)c2ccccc2-5)cc1. The molecule has 11 aromatic rings. The standard InChI is InChI=1S/C59H47BN2OS/c1-57(2,3)32-17-20-34(21-18-32)62-49-31-54-44(43-25-33(58(4,5)6)19-24-53(43)64-54)27-40(49)37-22-23-38-41-26-42-36-14-10-12-16-51(36)63-52(42)30-48(41)61-50-29-46-39(28-47(50)60(62)55(37)56(38)61)35-13-9-11-15-45(35)59(46,7)8/h9-31H,1-8H3. The van der Waals surface area contributed by atoms with Crippen LogP contribution < -0.4 is 15.7 Å². The van der Waals surface area contributed by atoms with Crippen LogP contribution in [0.1, 0.15) is 77.6 Å². The summed E-state index contributed by atoms with van der Waals surface area (Å²) >= 11 is 1.92. The van der Waals surface area contributed by atoms with E-state index in [9.17, 15) is 0 Å². The summed E-state index contributed by atoms with van der Waals surface area (Å²) in [4.78, 5) is 2.70. The largest absolute Gasteiger partial charge is 0.456 e. The molecule has 64 heavy (non-hydrogen) atoms. The lowest BCUT2D eigenvalue weighted by molar-refractivity contribution is 0.590. The van der Waals surface area contributed by atoms with Gasteiger partial charge in [0.1, 0.15) is 11.2 Å². The average molecular weight is 843 g/mol. The van der Waals surface area contributed by atoms with Crippen molar-refractivity contribution in [1.29, 1.82) is 0 Å². The molecule has 308 valence electrons. The fourth-order valence-corrected chi connectivity index (χ4v) is 13.0.